The standard InChI is InChI=1S/C28H31N5O4/c1-19-17-32(24-9-6-5-8-22(19)24)28-29-16-23(26(35)31-33-15-7-3-4-10-25(33)34)27(30-28)37-18-20-11-13-21(36-2)14-12-20/h5-6,8-9,11-14,16,19H,3-4,7,10,15,17-18H2,1-2H3,(H,31,35)/t19-/m1/s1. The average molecular weight is 502 g/mol. The van der Waals surface area contributed by atoms with Crippen molar-refractivity contribution >= 4 is 23.5 Å². The molecule has 37 heavy (non-hydrogen) atoms. The molecule has 0 saturated carbocycles. The lowest BCUT2D eigenvalue weighted by Gasteiger charge is -2.22. The van der Waals surface area contributed by atoms with E-state index in [-0.39, 0.29) is 24.0 Å². The van der Waals surface area contributed by atoms with Gasteiger partial charge >= 0.3 is 0 Å². The van der Waals surface area contributed by atoms with Gasteiger partial charge in [0.15, 0.2) is 0 Å². The normalized spacial score (nSPS) is 17.2. The number of hydrogen-bond acceptors (Lipinski definition) is 7. The van der Waals surface area contributed by atoms with E-state index in [9.17, 15) is 9.59 Å². The Kier molecular flexibility index (Phi) is 7.20. The van der Waals surface area contributed by atoms with Gasteiger partial charge in [-0.1, -0.05) is 43.7 Å². The van der Waals surface area contributed by atoms with Crippen LogP contribution in [0.15, 0.2) is 54.7 Å². The Bertz CT molecular complexity index is 1280. The van der Waals surface area contributed by atoms with Crippen LogP contribution in [0.4, 0.5) is 11.6 Å². The molecular formula is C28H31N5O4. The molecule has 9 nitrogen and oxygen atoms in total. The first-order valence-electron chi connectivity index (χ1n) is 12.6. The van der Waals surface area contributed by atoms with Gasteiger partial charge in [0.05, 0.1) is 7.11 Å². The second-order valence-corrected chi connectivity index (χ2v) is 9.39. The van der Waals surface area contributed by atoms with E-state index in [1.165, 1.54) is 16.8 Å². The van der Waals surface area contributed by atoms with Crippen molar-refractivity contribution in [2.24, 2.45) is 0 Å². The van der Waals surface area contributed by atoms with Crippen LogP contribution in [0.2, 0.25) is 0 Å². The minimum atomic E-state index is -0.471. The zero-order valence-electron chi connectivity index (χ0n) is 21.1. The number of aromatic nitrogens is 2. The van der Waals surface area contributed by atoms with Crippen molar-refractivity contribution in [3.8, 4) is 11.6 Å². The number of fused-ring (bicyclic) bond motifs is 1. The Balaban J connectivity index is 1.43. The maximum absolute atomic E-state index is 13.3. The fourth-order valence-corrected chi connectivity index (χ4v) is 4.72. The molecule has 2 aliphatic rings. The van der Waals surface area contributed by atoms with Gasteiger partial charge in [-0.15, -0.1) is 0 Å². The molecule has 1 aromatic heterocycles. The largest absolute Gasteiger partial charge is 0.497 e. The molecule has 9 heteroatoms. The Morgan fingerprint density at radius 2 is 1.92 bits per heavy atom. The Morgan fingerprint density at radius 1 is 1.11 bits per heavy atom. The van der Waals surface area contributed by atoms with Gasteiger partial charge in [-0.25, -0.2) is 4.98 Å². The summed E-state index contributed by atoms with van der Waals surface area (Å²) in [7, 11) is 1.62. The summed E-state index contributed by atoms with van der Waals surface area (Å²) in [5.41, 5.74) is 6.09. The van der Waals surface area contributed by atoms with E-state index in [0.717, 1.165) is 42.8 Å². The van der Waals surface area contributed by atoms with E-state index in [1.807, 2.05) is 47.4 Å². The molecule has 0 radical (unpaired) electrons. The molecule has 1 saturated heterocycles. The number of hydrazine groups is 1. The number of para-hydroxylation sites is 1. The number of ether oxygens (including phenoxy) is 2. The molecule has 0 aliphatic carbocycles. The van der Waals surface area contributed by atoms with Crippen LogP contribution in [0.5, 0.6) is 11.6 Å². The summed E-state index contributed by atoms with van der Waals surface area (Å²) in [6.07, 6.45) is 4.53. The van der Waals surface area contributed by atoms with Crippen LogP contribution >= 0.6 is 0 Å². The van der Waals surface area contributed by atoms with Gasteiger partial charge in [-0.3, -0.25) is 20.0 Å². The highest BCUT2D eigenvalue weighted by atomic mass is 16.5. The molecule has 0 bridgehead atoms. The number of anilines is 2. The van der Waals surface area contributed by atoms with Crippen LogP contribution < -0.4 is 19.8 Å². The molecule has 3 heterocycles. The Labute approximate surface area is 216 Å². The molecular weight excluding hydrogens is 470 g/mol. The van der Waals surface area contributed by atoms with Crippen molar-refractivity contribution in [3.05, 3.63) is 71.4 Å². The zero-order valence-corrected chi connectivity index (χ0v) is 21.1. The summed E-state index contributed by atoms with van der Waals surface area (Å²) in [6.45, 7) is 3.58. The molecule has 1 fully saturated rings. The predicted octanol–water partition coefficient (Wildman–Crippen LogP) is 4.37. The second kappa shape index (κ2) is 10.9. The zero-order chi connectivity index (χ0) is 25.8. The van der Waals surface area contributed by atoms with Crippen LogP contribution in [-0.2, 0) is 11.4 Å². The van der Waals surface area contributed by atoms with Crippen LogP contribution in [-0.4, -0.2) is 47.0 Å². The number of nitrogens with one attached hydrogen (secondary N) is 1. The average Bonchev–Trinajstić information content (AvgIpc) is 3.13. The van der Waals surface area contributed by atoms with E-state index in [0.29, 0.717) is 24.8 Å². The van der Waals surface area contributed by atoms with Crippen molar-refractivity contribution in [2.75, 3.05) is 25.1 Å². The monoisotopic (exact) mass is 501 g/mol. The first-order valence-corrected chi connectivity index (χ1v) is 12.6. The lowest BCUT2D eigenvalue weighted by Crippen LogP contribution is -2.46. The van der Waals surface area contributed by atoms with Crippen molar-refractivity contribution in [1.29, 1.82) is 0 Å². The molecule has 0 unspecified atom stereocenters. The molecule has 1 atom stereocenters. The van der Waals surface area contributed by atoms with Crippen molar-refractivity contribution in [1.82, 2.24) is 20.4 Å². The highest BCUT2D eigenvalue weighted by Gasteiger charge is 2.29. The fourth-order valence-electron chi connectivity index (χ4n) is 4.72. The Hall–Kier alpha value is -4.14. The van der Waals surface area contributed by atoms with Crippen molar-refractivity contribution in [3.63, 3.8) is 0 Å². The van der Waals surface area contributed by atoms with Gasteiger partial charge in [-0.05, 0) is 42.2 Å². The van der Waals surface area contributed by atoms with Gasteiger partial charge in [0, 0.05) is 37.3 Å². The Morgan fingerprint density at radius 3 is 2.73 bits per heavy atom. The molecule has 3 aromatic rings. The lowest BCUT2D eigenvalue weighted by atomic mass is 10.0. The number of hydrogen-bond donors (Lipinski definition) is 1. The van der Waals surface area contributed by atoms with Gasteiger partial charge in [0.1, 0.15) is 17.9 Å². The number of nitrogens with zero attached hydrogens (tertiary/aromatic N) is 4. The van der Waals surface area contributed by atoms with Gasteiger partial charge in [-0.2, -0.15) is 4.98 Å². The van der Waals surface area contributed by atoms with E-state index in [2.05, 4.69) is 23.4 Å². The van der Waals surface area contributed by atoms with E-state index < -0.39 is 5.91 Å². The quantitative estimate of drug-likeness (QED) is 0.514. The first-order chi connectivity index (χ1) is 18.0. The summed E-state index contributed by atoms with van der Waals surface area (Å²) >= 11 is 0. The highest BCUT2D eigenvalue weighted by molar-refractivity contribution is 5.97. The number of carbonyl (C=O) groups excluding carboxylic acids is 2. The third-order valence-corrected chi connectivity index (χ3v) is 6.79. The molecule has 1 N–H and O–H groups in total. The van der Waals surface area contributed by atoms with Crippen LogP contribution in [0.1, 0.15) is 60.0 Å². The number of carbonyl (C=O) groups is 2. The third-order valence-electron chi connectivity index (χ3n) is 6.79. The van der Waals surface area contributed by atoms with Crippen molar-refractivity contribution in [2.45, 2.75) is 45.1 Å². The highest BCUT2D eigenvalue weighted by Crippen LogP contribution is 2.39. The topological polar surface area (TPSA) is 96.9 Å². The summed E-state index contributed by atoms with van der Waals surface area (Å²) in [5, 5.41) is 1.40. The fraction of sp³-hybridized carbons (Fsp3) is 0.357. The SMILES string of the molecule is COc1ccc(COc2nc(N3C[C@@H](C)c4ccccc43)ncc2C(=O)NN2CCCCCC2=O)cc1. The maximum Gasteiger partial charge on any atom is 0.276 e. The summed E-state index contributed by atoms with van der Waals surface area (Å²) in [5.74, 6) is 1.13. The van der Waals surface area contributed by atoms with Crippen LogP contribution in [0, 0.1) is 0 Å². The lowest BCUT2D eigenvalue weighted by molar-refractivity contribution is -0.133. The predicted molar refractivity (Wildman–Crippen MR) is 139 cm³/mol. The number of rotatable bonds is 7. The minimum Gasteiger partial charge on any atom is -0.497 e. The van der Waals surface area contributed by atoms with Crippen molar-refractivity contribution < 1.29 is 19.1 Å². The summed E-state index contributed by atoms with van der Waals surface area (Å²) in [4.78, 5) is 37.0. The van der Waals surface area contributed by atoms with Crippen LogP contribution in [0.25, 0.3) is 0 Å². The smallest absolute Gasteiger partial charge is 0.276 e. The van der Waals surface area contributed by atoms with E-state index in [4.69, 9.17) is 14.5 Å². The third kappa shape index (κ3) is 5.35. The molecule has 2 aromatic carbocycles. The molecule has 5 rings (SSSR count). The molecule has 2 amide bonds. The number of benzene rings is 2. The van der Waals surface area contributed by atoms with E-state index in [1.54, 1.807) is 7.11 Å². The molecule has 192 valence electrons. The van der Waals surface area contributed by atoms with E-state index >= 15 is 0 Å². The summed E-state index contributed by atoms with van der Waals surface area (Å²) < 4.78 is 11.3. The van der Waals surface area contributed by atoms with Gasteiger partial charge < -0.3 is 14.4 Å². The van der Waals surface area contributed by atoms with Gasteiger partial charge in [0.25, 0.3) is 5.91 Å². The summed E-state index contributed by atoms with van der Waals surface area (Å²) in [6, 6.07) is 15.7. The minimum absolute atomic E-state index is 0.0910. The van der Waals surface area contributed by atoms with Gasteiger partial charge in [0.2, 0.25) is 17.7 Å². The second-order valence-electron chi connectivity index (χ2n) is 9.39. The first kappa shape index (κ1) is 24.5. The molecule has 0 spiro atoms. The van der Waals surface area contributed by atoms with Crippen LogP contribution in [0.3, 0.4) is 0 Å². The molecule has 2 aliphatic heterocycles. The number of amides is 2. The number of methoxy groups -OCH3 is 1. The maximum atomic E-state index is 13.3.